The Kier molecular flexibility index (Phi) is 2.30. The van der Waals surface area contributed by atoms with Crippen LogP contribution in [0, 0.1) is 11.3 Å². The van der Waals surface area contributed by atoms with Crippen LogP contribution >= 0.6 is 0 Å². The summed E-state index contributed by atoms with van der Waals surface area (Å²) in [5.41, 5.74) is 1.13. The van der Waals surface area contributed by atoms with Crippen molar-refractivity contribution < 1.29 is 9.53 Å². The van der Waals surface area contributed by atoms with Crippen LogP contribution in [-0.2, 0) is 9.53 Å². The van der Waals surface area contributed by atoms with Gasteiger partial charge in [0.25, 0.3) is 0 Å². The summed E-state index contributed by atoms with van der Waals surface area (Å²) in [7, 11) is 0. The fourth-order valence-corrected chi connectivity index (χ4v) is 3.21. The van der Waals surface area contributed by atoms with E-state index >= 15 is 0 Å². The van der Waals surface area contributed by atoms with Crippen LogP contribution in [0.25, 0.3) is 0 Å². The summed E-state index contributed by atoms with van der Waals surface area (Å²) in [5, 5.41) is 0. The Morgan fingerprint density at radius 3 is 2.56 bits per heavy atom. The molecule has 88 valence electrons. The van der Waals surface area contributed by atoms with Gasteiger partial charge >= 0.3 is 5.97 Å². The van der Waals surface area contributed by atoms with Gasteiger partial charge in [0.2, 0.25) is 0 Å². The lowest BCUT2D eigenvalue weighted by Gasteiger charge is -2.42. The van der Waals surface area contributed by atoms with Gasteiger partial charge in [-0.25, -0.2) is 4.79 Å². The van der Waals surface area contributed by atoms with Crippen molar-refractivity contribution in [3.05, 3.63) is 24.3 Å². The Morgan fingerprint density at radius 2 is 2.12 bits per heavy atom. The van der Waals surface area contributed by atoms with Crippen LogP contribution < -0.4 is 0 Å². The molecule has 3 unspecified atom stereocenters. The number of carbonyl (C=O) groups excluding carboxylic acids is 1. The molecule has 0 aromatic rings. The molecule has 2 aliphatic rings. The fourth-order valence-electron chi connectivity index (χ4n) is 3.21. The Hall–Kier alpha value is -1.05. The summed E-state index contributed by atoms with van der Waals surface area (Å²) in [5.74, 6) is 0.241. The van der Waals surface area contributed by atoms with Gasteiger partial charge < -0.3 is 4.74 Å². The second-order valence-electron chi connectivity index (χ2n) is 5.73. The standard InChI is InChI=1S/C14H20O2/c1-9(2)12(15)16-14(5)10(3)11-6-7-13(14,4)8-11/h11H,1,3,6-8H2,2,4-5H3. The minimum absolute atomic E-state index is 0.0693. The van der Waals surface area contributed by atoms with Gasteiger partial charge in [0.1, 0.15) is 5.60 Å². The average Bonchev–Trinajstić information content (AvgIpc) is 2.66. The van der Waals surface area contributed by atoms with Crippen molar-refractivity contribution in [2.45, 2.75) is 45.6 Å². The van der Waals surface area contributed by atoms with E-state index in [1.54, 1.807) is 6.92 Å². The summed E-state index contributed by atoms with van der Waals surface area (Å²) >= 11 is 0. The molecule has 0 radical (unpaired) electrons. The van der Waals surface area contributed by atoms with Gasteiger partial charge in [0.15, 0.2) is 0 Å². The molecule has 16 heavy (non-hydrogen) atoms. The van der Waals surface area contributed by atoms with Crippen molar-refractivity contribution >= 4 is 5.97 Å². The maximum absolute atomic E-state index is 11.7. The fraction of sp³-hybridized carbons (Fsp3) is 0.643. The Bertz CT molecular complexity index is 382. The zero-order valence-electron chi connectivity index (χ0n) is 10.4. The van der Waals surface area contributed by atoms with Crippen molar-refractivity contribution in [2.24, 2.45) is 11.3 Å². The second kappa shape index (κ2) is 3.22. The molecule has 2 bridgehead atoms. The average molecular weight is 220 g/mol. The number of hydrogen-bond acceptors (Lipinski definition) is 2. The van der Waals surface area contributed by atoms with Crippen LogP contribution in [0.5, 0.6) is 0 Å². The lowest BCUT2D eigenvalue weighted by molar-refractivity contribution is -0.159. The summed E-state index contributed by atoms with van der Waals surface area (Å²) in [6, 6.07) is 0. The van der Waals surface area contributed by atoms with Crippen molar-refractivity contribution in [1.82, 2.24) is 0 Å². The largest absolute Gasteiger partial charge is 0.451 e. The molecule has 0 N–H and O–H groups in total. The Morgan fingerprint density at radius 1 is 1.50 bits per heavy atom. The van der Waals surface area contributed by atoms with Crippen LogP contribution in [0.15, 0.2) is 24.3 Å². The Balaban J connectivity index is 2.28. The maximum Gasteiger partial charge on any atom is 0.333 e. The third-order valence-electron chi connectivity index (χ3n) is 4.64. The van der Waals surface area contributed by atoms with Crippen LogP contribution in [0.2, 0.25) is 0 Å². The zero-order valence-corrected chi connectivity index (χ0v) is 10.4. The number of ether oxygens (including phenoxy) is 1. The molecule has 3 atom stereocenters. The van der Waals surface area contributed by atoms with Gasteiger partial charge in [0, 0.05) is 11.0 Å². The molecule has 2 heteroatoms. The highest BCUT2D eigenvalue weighted by Gasteiger charge is 2.61. The van der Waals surface area contributed by atoms with Gasteiger partial charge in [-0.1, -0.05) is 20.1 Å². The maximum atomic E-state index is 11.7. The summed E-state index contributed by atoms with van der Waals surface area (Å²) in [6.07, 6.45) is 3.41. The predicted octanol–water partition coefficient (Wildman–Crippen LogP) is 3.24. The molecule has 2 nitrogen and oxygen atoms in total. The van der Waals surface area contributed by atoms with E-state index in [-0.39, 0.29) is 11.4 Å². The monoisotopic (exact) mass is 220 g/mol. The van der Waals surface area contributed by atoms with Crippen LogP contribution in [-0.4, -0.2) is 11.6 Å². The number of carbonyl (C=O) groups is 1. The zero-order chi connectivity index (χ0) is 12.1. The van der Waals surface area contributed by atoms with Crippen molar-refractivity contribution in [2.75, 3.05) is 0 Å². The number of hydrogen-bond donors (Lipinski definition) is 0. The van der Waals surface area contributed by atoms with Crippen molar-refractivity contribution in [3.8, 4) is 0 Å². The molecular formula is C14H20O2. The lowest BCUT2D eigenvalue weighted by Crippen LogP contribution is -2.45. The molecule has 2 rings (SSSR count). The summed E-state index contributed by atoms with van der Waals surface area (Å²) < 4.78 is 5.67. The number of rotatable bonds is 2. The molecule has 2 aliphatic carbocycles. The summed E-state index contributed by atoms with van der Waals surface area (Å²) in [6.45, 7) is 13.7. The molecule has 2 saturated carbocycles. The van der Waals surface area contributed by atoms with Gasteiger partial charge in [-0.3, -0.25) is 0 Å². The van der Waals surface area contributed by atoms with E-state index in [1.165, 1.54) is 6.42 Å². The highest BCUT2D eigenvalue weighted by molar-refractivity contribution is 5.87. The van der Waals surface area contributed by atoms with Crippen molar-refractivity contribution in [3.63, 3.8) is 0 Å². The van der Waals surface area contributed by atoms with E-state index in [9.17, 15) is 4.79 Å². The Labute approximate surface area is 97.4 Å². The number of esters is 1. The molecule has 0 amide bonds. The van der Waals surface area contributed by atoms with E-state index < -0.39 is 5.60 Å². The molecule has 0 aromatic carbocycles. The van der Waals surface area contributed by atoms with Crippen molar-refractivity contribution in [1.29, 1.82) is 0 Å². The molecule has 0 heterocycles. The second-order valence-corrected chi connectivity index (χ2v) is 5.73. The minimum atomic E-state index is -0.494. The molecule has 2 fully saturated rings. The third kappa shape index (κ3) is 1.28. The predicted molar refractivity (Wildman–Crippen MR) is 63.9 cm³/mol. The normalized spacial score (nSPS) is 41.2. The lowest BCUT2D eigenvalue weighted by atomic mass is 9.71. The van der Waals surface area contributed by atoms with Crippen LogP contribution in [0.1, 0.15) is 40.0 Å². The van der Waals surface area contributed by atoms with Crippen LogP contribution in [0.4, 0.5) is 0 Å². The quantitative estimate of drug-likeness (QED) is 0.405. The molecule has 0 aromatic heterocycles. The summed E-state index contributed by atoms with van der Waals surface area (Å²) in [4.78, 5) is 11.7. The van der Waals surface area contributed by atoms with Gasteiger partial charge in [0.05, 0.1) is 0 Å². The van der Waals surface area contributed by atoms with E-state index in [4.69, 9.17) is 4.74 Å². The van der Waals surface area contributed by atoms with E-state index in [0.29, 0.717) is 11.5 Å². The molecule has 0 saturated heterocycles. The molecule has 0 aliphatic heterocycles. The first kappa shape index (κ1) is 11.4. The van der Waals surface area contributed by atoms with Crippen LogP contribution in [0.3, 0.4) is 0 Å². The highest BCUT2D eigenvalue weighted by Crippen LogP contribution is 2.63. The van der Waals surface area contributed by atoms with E-state index in [0.717, 1.165) is 18.4 Å². The van der Waals surface area contributed by atoms with Gasteiger partial charge in [-0.15, -0.1) is 0 Å². The topological polar surface area (TPSA) is 26.3 Å². The SMILES string of the molecule is C=C(C)C(=O)OC1(C)C(=C)C2CCC1(C)C2. The molecule has 0 spiro atoms. The minimum Gasteiger partial charge on any atom is -0.451 e. The first-order valence-corrected chi connectivity index (χ1v) is 5.88. The third-order valence-corrected chi connectivity index (χ3v) is 4.64. The number of fused-ring (bicyclic) bond motifs is 2. The van der Waals surface area contributed by atoms with Gasteiger partial charge in [-0.2, -0.15) is 0 Å². The highest BCUT2D eigenvalue weighted by atomic mass is 16.6. The van der Waals surface area contributed by atoms with E-state index in [2.05, 4.69) is 20.1 Å². The molecular weight excluding hydrogens is 200 g/mol. The van der Waals surface area contributed by atoms with E-state index in [1.807, 2.05) is 6.92 Å². The first-order valence-electron chi connectivity index (χ1n) is 5.88. The first-order chi connectivity index (χ1) is 7.30. The smallest absolute Gasteiger partial charge is 0.333 e. The van der Waals surface area contributed by atoms with Gasteiger partial charge in [-0.05, 0) is 44.6 Å².